The highest BCUT2D eigenvalue weighted by molar-refractivity contribution is 5.86. The van der Waals surface area contributed by atoms with Crippen LogP contribution in [-0.2, 0) is 14.9 Å². The maximum atomic E-state index is 11.4. The van der Waals surface area contributed by atoms with Crippen LogP contribution in [-0.4, -0.2) is 13.1 Å². The maximum Gasteiger partial charge on any atom is 0.330 e. The first kappa shape index (κ1) is 10.3. The van der Waals surface area contributed by atoms with E-state index in [0.717, 1.165) is 0 Å². The summed E-state index contributed by atoms with van der Waals surface area (Å²) in [5, 5.41) is 8.99. The first-order chi connectivity index (χ1) is 6.65. The second kappa shape index (κ2) is 3.93. The summed E-state index contributed by atoms with van der Waals surface area (Å²) in [6, 6.07) is 10.8. The van der Waals surface area contributed by atoms with Crippen molar-refractivity contribution in [2.24, 2.45) is 0 Å². The number of rotatable bonds is 2. The van der Waals surface area contributed by atoms with Gasteiger partial charge in [0.1, 0.15) is 0 Å². The predicted octanol–water partition coefficient (Wildman–Crippen LogP) is 1.64. The van der Waals surface area contributed by atoms with Crippen LogP contribution in [0.5, 0.6) is 0 Å². The zero-order valence-corrected chi connectivity index (χ0v) is 8.15. The average Bonchev–Trinajstić information content (AvgIpc) is 2.28. The van der Waals surface area contributed by atoms with Gasteiger partial charge >= 0.3 is 5.97 Å². The fraction of sp³-hybridized carbons (Fsp3) is 0.273. The van der Waals surface area contributed by atoms with E-state index in [1.54, 1.807) is 31.2 Å². The number of nitrogens with zero attached hydrogens (tertiary/aromatic N) is 1. The Bertz CT molecular complexity index is 367. The molecule has 1 aromatic rings. The molecule has 0 bridgehead atoms. The topological polar surface area (TPSA) is 50.1 Å². The van der Waals surface area contributed by atoms with Crippen LogP contribution in [0.4, 0.5) is 0 Å². The van der Waals surface area contributed by atoms with E-state index in [9.17, 15) is 4.79 Å². The molecule has 0 saturated carbocycles. The molecule has 14 heavy (non-hydrogen) atoms. The van der Waals surface area contributed by atoms with Gasteiger partial charge in [-0.25, -0.2) is 4.79 Å². The second-order valence-corrected chi connectivity index (χ2v) is 3.09. The van der Waals surface area contributed by atoms with Crippen LogP contribution in [0.2, 0.25) is 0 Å². The average molecular weight is 189 g/mol. The van der Waals surface area contributed by atoms with E-state index in [1.807, 2.05) is 12.1 Å². The Morgan fingerprint density at radius 1 is 1.43 bits per heavy atom. The summed E-state index contributed by atoms with van der Waals surface area (Å²) in [5.74, 6) is -0.536. The zero-order valence-electron chi connectivity index (χ0n) is 8.15. The van der Waals surface area contributed by atoms with E-state index in [2.05, 4.69) is 4.74 Å². The minimum atomic E-state index is -1.21. The molecule has 0 N–H and O–H groups in total. The van der Waals surface area contributed by atoms with Gasteiger partial charge in [0, 0.05) is 0 Å². The van der Waals surface area contributed by atoms with Crippen LogP contribution in [0.3, 0.4) is 0 Å². The number of benzene rings is 1. The molecule has 0 heterocycles. The van der Waals surface area contributed by atoms with Crippen molar-refractivity contribution in [1.82, 2.24) is 0 Å². The summed E-state index contributed by atoms with van der Waals surface area (Å²) in [5.41, 5.74) is -0.565. The molecular weight excluding hydrogens is 178 g/mol. The highest BCUT2D eigenvalue weighted by atomic mass is 16.5. The SMILES string of the molecule is COC(=O)[C@@](C)(C#N)c1ccccc1. The molecule has 1 atom stereocenters. The maximum absolute atomic E-state index is 11.4. The van der Waals surface area contributed by atoms with Crippen molar-refractivity contribution in [1.29, 1.82) is 5.26 Å². The lowest BCUT2D eigenvalue weighted by molar-refractivity contribution is -0.144. The molecular formula is C11H11NO2. The first-order valence-electron chi connectivity index (χ1n) is 4.20. The van der Waals surface area contributed by atoms with Gasteiger partial charge in [-0.2, -0.15) is 5.26 Å². The first-order valence-corrected chi connectivity index (χ1v) is 4.20. The highest BCUT2D eigenvalue weighted by Gasteiger charge is 2.36. The van der Waals surface area contributed by atoms with Crippen LogP contribution in [0, 0.1) is 11.3 Å². The van der Waals surface area contributed by atoms with Gasteiger partial charge in [0.25, 0.3) is 0 Å². The Morgan fingerprint density at radius 2 is 2.00 bits per heavy atom. The molecule has 0 unspecified atom stereocenters. The van der Waals surface area contributed by atoms with E-state index in [-0.39, 0.29) is 0 Å². The molecule has 0 aliphatic carbocycles. The summed E-state index contributed by atoms with van der Waals surface area (Å²) in [6.45, 7) is 1.55. The van der Waals surface area contributed by atoms with Crippen molar-refractivity contribution in [2.75, 3.05) is 7.11 Å². The molecule has 72 valence electrons. The van der Waals surface area contributed by atoms with Crippen LogP contribution >= 0.6 is 0 Å². The molecule has 0 fully saturated rings. The van der Waals surface area contributed by atoms with Crippen LogP contribution in [0.25, 0.3) is 0 Å². The predicted molar refractivity (Wildman–Crippen MR) is 51.4 cm³/mol. The van der Waals surface area contributed by atoms with Crippen molar-refractivity contribution in [3.63, 3.8) is 0 Å². The molecule has 0 aliphatic rings. The lowest BCUT2D eigenvalue weighted by Crippen LogP contribution is -2.31. The van der Waals surface area contributed by atoms with Crippen molar-refractivity contribution in [3.8, 4) is 6.07 Å². The molecule has 0 aliphatic heterocycles. The molecule has 0 aromatic heterocycles. The summed E-state index contributed by atoms with van der Waals surface area (Å²) in [4.78, 5) is 11.4. The molecule has 0 amide bonds. The summed E-state index contributed by atoms with van der Waals surface area (Å²) in [6.07, 6.45) is 0. The Morgan fingerprint density at radius 3 is 2.43 bits per heavy atom. The van der Waals surface area contributed by atoms with E-state index >= 15 is 0 Å². The van der Waals surface area contributed by atoms with Gasteiger partial charge in [0.05, 0.1) is 13.2 Å². The molecule has 0 saturated heterocycles. The smallest absolute Gasteiger partial charge is 0.330 e. The molecule has 1 rings (SSSR count). The minimum absolute atomic E-state index is 0.536. The van der Waals surface area contributed by atoms with Crippen LogP contribution in [0.1, 0.15) is 12.5 Å². The molecule has 3 heteroatoms. The fourth-order valence-electron chi connectivity index (χ4n) is 1.20. The standard InChI is InChI=1S/C11H11NO2/c1-11(8-12,10(13)14-2)9-6-4-3-5-7-9/h3-7H,1-2H3/t11-/m0/s1. The number of carbonyl (C=O) groups is 1. The van der Waals surface area contributed by atoms with Gasteiger partial charge in [-0.3, -0.25) is 0 Å². The number of esters is 1. The van der Waals surface area contributed by atoms with Gasteiger partial charge in [0.2, 0.25) is 0 Å². The van der Waals surface area contributed by atoms with Crippen molar-refractivity contribution < 1.29 is 9.53 Å². The van der Waals surface area contributed by atoms with E-state index in [1.165, 1.54) is 7.11 Å². The minimum Gasteiger partial charge on any atom is -0.468 e. The third kappa shape index (κ3) is 1.60. The largest absolute Gasteiger partial charge is 0.468 e. The second-order valence-electron chi connectivity index (χ2n) is 3.09. The van der Waals surface area contributed by atoms with Crippen molar-refractivity contribution in [3.05, 3.63) is 35.9 Å². The van der Waals surface area contributed by atoms with Crippen LogP contribution < -0.4 is 0 Å². The normalized spacial score (nSPS) is 13.8. The third-order valence-corrected chi connectivity index (χ3v) is 2.17. The number of carbonyl (C=O) groups excluding carboxylic acids is 1. The Kier molecular flexibility index (Phi) is 2.88. The van der Waals surface area contributed by atoms with Gasteiger partial charge in [-0.05, 0) is 12.5 Å². The summed E-state index contributed by atoms with van der Waals surface area (Å²) < 4.78 is 4.60. The lowest BCUT2D eigenvalue weighted by atomic mass is 9.84. The molecule has 0 radical (unpaired) electrons. The fourth-order valence-corrected chi connectivity index (χ4v) is 1.20. The highest BCUT2D eigenvalue weighted by Crippen LogP contribution is 2.23. The molecule has 3 nitrogen and oxygen atoms in total. The lowest BCUT2D eigenvalue weighted by Gasteiger charge is -2.18. The van der Waals surface area contributed by atoms with Gasteiger partial charge in [0.15, 0.2) is 5.41 Å². The van der Waals surface area contributed by atoms with E-state index in [4.69, 9.17) is 5.26 Å². The van der Waals surface area contributed by atoms with E-state index in [0.29, 0.717) is 5.56 Å². The zero-order chi connectivity index (χ0) is 10.6. The number of ether oxygens (including phenoxy) is 1. The summed E-state index contributed by atoms with van der Waals surface area (Å²) >= 11 is 0. The Hall–Kier alpha value is -1.82. The number of hydrogen-bond acceptors (Lipinski definition) is 3. The van der Waals surface area contributed by atoms with E-state index < -0.39 is 11.4 Å². The van der Waals surface area contributed by atoms with Gasteiger partial charge in [-0.1, -0.05) is 30.3 Å². The van der Waals surface area contributed by atoms with Crippen molar-refractivity contribution >= 4 is 5.97 Å². The van der Waals surface area contributed by atoms with Gasteiger partial charge in [-0.15, -0.1) is 0 Å². The summed E-state index contributed by atoms with van der Waals surface area (Å²) in [7, 11) is 1.28. The third-order valence-electron chi connectivity index (χ3n) is 2.17. The number of methoxy groups -OCH3 is 1. The Balaban J connectivity index is 3.17. The van der Waals surface area contributed by atoms with Gasteiger partial charge < -0.3 is 4.74 Å². The quantitative estimate of drug-likeness (QED) is 0.664. The Labute approximate surface area is 82.9 Å². The monoisotopic (exact) mass is 189 g/mol. The van der Waals surface area contributed by atoms with Crippen molar-refractivity contribution in [2.45, 2.75) is 12.3 Å². The number of nitriles is 1. The molecule has 0 spiro atoms. The number of hydrogen-bond donors (Lipinski definition) is 0. The van der Waals surface area contributed by atoms with Crippen LogP contribution in [0.15, 0.2) is 30.3 Å². The molecule has 1 aromatic carbocycles.